The quantitative estimate of drug-likeness (QED) is 0.146. The third-order valence-electron chi connectivity index (χ3n) is 6.17. The summed E-state index contributed by atoms with van der Waals surface area (Å²) in [6.45, 7) is -3.49. The summed E-state index contributed by atoms with van der Waals surface area (Å²) >= 11 is 0. The number of aliphatic hydroxyl groups excluding tert-OH is 11. The molecule has 0 radical (unpaired) electrons. The molecule has 3 saturated heterocycles. The minimum atomic E-state index is -2.43. The second kappa shape index (κ2) is 11.2. The lowest BCUT2D eigenvalue weighted by molar-refractivity contribution is -0.400. The molecule has 3 fully saturated rings. The fourth-order valence-corrected chi connectivity index (χ4v) is 4.12. The highest BCUT2D eigenvalue weighted by Crippen LogP contribution is 2.39. The summed E-state index contributed by atoms with van der Waals surface area (Å²) in [5, 5.41) is 109. The Morgan fingerprint density at radius 3 is 1.50 bits per heavy atom. The van der Waals surface area contributed by atoms with Gasteiger partial charge in [0.15, 0.2) is 12.6 Å². The van der Waals surface area contributed by atoms with E-state index in [4.69, 9.17) is 23.7 Å². The molecule has 14 atom stereocenters. The summed E-state index contributed by atoms with van der Waals surface area (Å²) in [4.78, 5) is 0. The maximum Gasteiger partial charge on any atom is 0.224 e. The smallest absolute Gasteiger partial charge is 0.224 e. The molecule has 16 heteroatoms. The molecule has 11 N–H and O–H groups in total. The van der Waals surface area contributed by atoms with Crippen molar-refractivity contribution in [2.24, 2.45) is 0 Å². The maximum atomic E-state index is 10.6. The number of rotatable bonds is 8. The fourth-order valence-electron chi connectivity index (χ4n) is 4.12. The Bertz CT molecular complexity index is 651. The Labute approximate surface area is 192 Å². The molecule has 200 valence electrons. The first-order valence-corrected chi connectivity index (χ1v) is 10.6. The molecule has 0 saturated carbocycles. The Morgan fingerprint density at radius 2 is 1.03 bits per heavy atom. The zero-order chi connectivity index (χ0) is 25.4. The third-order valence-corrected chi connectivity index (χ3v) is 6.17. The first-order valence-electron chi connectivity index (χ1n) is 10.6. The van der Waals surface area contributed by atoms with E-state index in [9.17, 15) is 56.2 Å². The molecule has 0 aliphatic carbocycles. The van der Waals surface area contributed by atoms with Crippen molar-refractivity contribution in [3.05, 3.63) is 0 Å². The van der Waals surface area contributed by atoms with Crippen molar-refractivity contribution in [1.82, 2.24) is 0 Å². The first kappa shape index (κ1) is 27.9. The van der Waals surface area contributed by atoms with Crippen LogP contribution >= 0.6 is 0 Å². The number of hydrogen-bond donors (Lipinski definition) is 11. The number of aliphatic hydroxyl groups is 11. The lowest BCUT2D eigenvalue weighted by Gasteiger charge is -2.45. The summed E-state index contributed by atoms with van der Waals surface area (Å²) in [6.07, 6.45) is -22.3. The summed E-state index contributed by atoms with van der Waals surface area (Å²) in [5.41, 5.74) is 0. The van der Waals surface area contributed by atoms with E-state index in [0.717, 1.165) is 0 Å². The van der Waals surface area contributed by atoms with Crippen molar-refractivity contribution < 1.29 is 79.9 Å². The molecule has 3 aliphatic heterocycles. The van der Waals surface area contributed by atoms with Crippen molar-refractivity contribution in [2.45, 2.75) is 85.5 Å². The van der Waals surface area contributed by atoms with Crippen LogP contribution in [0.2, 0.25) is 0 Å². The van der Waals surface area contributed by atoms with E-state index in [2.05, 4.69) is 0 Å². The van der Waals surface area contributed by atoms with Gasteiger partial charge in [-0.1, -0.05) is 0 Å². The molecule has 0 unspecified atom stereocenters. The Balaban J connectivity index is 1.87. The van der Waals surface area contributed by atoms with Crippen LogP contribution in [-0.4, -0.2) is 168 Å². The van der Waals surface area contributed by atoms with Crippen molar-refractivity contribution >= 4 is 0 Å². The molecule has 16 nitrogen and oxygen atoms in total. The van der Waals surface area contributed by atoms with Crippen LogP contribution in [0.25, 0.3) is 0 Å². The average Bonchev–Trinajstić information content (AvgIpc) is 3.10. The van der Waals surface area contributed by atoms with Gasteiger partial charge in [0.05, 0.1) is 19.8 Å². The monoisotopic (exact) mass is 504 g/mol. The van der Waals surface area contributed by atoms with Crippen LogP contribution in [0.4, 0.5) is 0 Å². The lowest BCUT2D eigenvalue weighted by Crippen LogP contribution is -2.64. The minimum Gasteiger partial charge on any atom is -0.394 e. The molecule has 0 aromatic heterocycles. The van der Waals surface area contributed by atoms with Gasteiger partial charge in [-0.3, -0.25) is 0 Å². The second-order valence-electron chi connectivity index (χ2n) is 8.37. The van der Waals surface area contributed by atoms with Gasteiger partial charge in [-0.25, -0.2) is 0 Å². The number of ether oxygens (including phenoxy) is 5. The van der Waals surface area contributed by atoms with E-state index in [1.807, 2.05) is 0 Å². The van der Waals surface area contributed by atoms with E-state index in [1.165, 1.54) is 0 Å². The highest BCUT2D eigenvalue weighted by atomic mass is 16.8. The Morgan fingerprint density at radius 1 is 0.559 bits per heavy atom. The van der Waals surface area contributed by atoms with E-state index in [1.54, 1.807) is 0 Å². The van der Waals surface area contributed by atoms with Crippen LogP contribution in [0.3, 0.4) is 0 Å². The normalized spacial score (nSPS) is 52.1. The van der Waals surface area contributed by atoms with Gasteiger partial charge in [0.2, 0.25) is 5.79 Å². The summed E-state index contributed by atoms with van der Waals surface area (Å²) in [7, 11) is 0. The van der Waals surface area contributed by atoms with Gasteiger partial charge in [0, 0.05) is 0 Å². The molecule has 3 heterocycles. The van der Waals surface area contributed by atoms with E-state index >= 15 is 0 Å². The van der Waals surface area contributed by atoms with Crippen molar-refractivity contribution in [3.63, 3.8) is 0 Å². The molecule has 0 aromatic rings. The van der Waals surface area contributed by atoms with Crippen molar-refractivity contribution in [1.29, 1.82) is 0 Å². The van der Waals surface area contributed by atoms with Gasteiger partial charge < -0.3 is 79.9 Å². The van der Waals surface area contributed by atoms with E-state index in [0.29, 0.717) is 0 Å². The maximum absolute atomic E-state index is 10.6. The van der Waals surface area contributed by atoms with Crippen LogP contribution in [0.15, 0.2) is 0 Å². The standard InChI is InChI=1S/C18H32O16/c19-1-5-8(23)11(26)13(28)16(30-5)32-15-10(25)7(3-21)33-18(15,4-22)34-17-14(29)12(27)9(24)6(2-20)31-17/h5-17,19-29H,1-4H2/t5-,6+,7-,8-,9+,10+,11+,12+,13-,14-,15+,16+,17-,18-/m0/s1. The molecular weight excluding hydrogens is 472 g/mol. The van der Waals surface area contributed by atoms with E-state index < -0.39 is 112 Å². The number of hydrogen-bond acceptors (Lipinski definition) is 16. The van der Waals surface area contributed by atoms with Crippen molar-refractivity contribution in [2.75, 3.05) is 26.4 Å². The molecule has 0 spiro atoms. The summed E-state index contributed by atoms with van der Waals surface area (Å²) < 4.78 is 27.0. The predicted octanol–water partition coefficient (Wildman–Crippen LogP) is -7.57. The molecule has 0 bridgehead atoms. The van der Waals surface area contributed by atoms with Crippen LogP contribution in [0, 0.1) is 0 Å². The Hall–Kier alpha value is -0.640. The highest BCUT2D eigenvalue weighted by molar-refractivity contribution is 5.01. The molecule has 0 amide bonds. The molecular formula is C18H32O16. The molecule has 3 rings (SSSR count). The zero-order valence-corrected chi connectivity index (χ0v) is 17.8. The topological polar surface area (TPSA) is 269 Å². The predicted molar refractivity (Wildman–Crippen MR) is 101 cm³/mol. The van der Waals surface area contributed by atoms with Crippen molar-refractivity contribution in [3.8, 4) is 0 Å². The second-order valence-corrected chi connectivity index (χ2v) is 8.37. The van der Waals surface area contributed by atoms with Gasteiger partial charge in [0.1, 0.15) is 73.8 Å². The largest absolute Gasteiger partial charge is 0.394 e. The van der Waals surface area contributed by atoms with Gasteiger partial charge in [-0.2, -0.15) is 0 Å². The fraction of sp³-hybridized carbons (Fsp3) is 1.00. The van der Waals surface area contributed by atoms with Crippen LogP contribution in [-0.2, 0) is 23.7 Å². The molecule has 34 heavy (non-hydrogen) atoms. The average molecular weight is 504 g/mol. The van der Waals surface area contributed by atoms with Crippen LogP contribution < -0.4 is 0 Å². The Kier molecular flexibility index (Phi) is 9.18. The lowest BCUT2D eigenvalue weighted by atomic mass is 9.98. The van der Waals surface area contributed by atoms with Crippen LogP contribution in [0.5, 0.6) is 0 Å². The molecule has 3 aliphatic rings. The first-order chi connectivity index (χ1) is 16.0. The van der Waals surface area contributed by atoms with Gasteiger partial charge in [-0.15, -0.1) is 0 Å². The van der Waals surface area contributed by atoms with Gasteiger partial charge in [-0.05, 0) is 0 Å². The third kappa shape index (κ3) is 4.96. The molecule has 0 aromatic carbocycles. The zero-order valence-electron chi connectivity index (χ0n) is 17.8. The SMILES string of the molecule is OC[C@@H]1O[C@H](O[C@@H]2[C@H](O)[C@H](CO)O[C@@]2(CO)O[C@@H]2O[C@H](CO)[C@@H](O)[C@@H](O)[C@@H]2O)[C@@H](O)[C@H](O)[C@H]1O. The van der Waals surface area contributed by atoms with Gasteiger partial charge >= 0.3 is 0 Å². The van der Waals surface area contributed by atoms with Gasteiger partial charge in [0.25, 0.3) is 0 Å². The van der Waals surface area contributed by atoms with Crippen LogP contribution in [0.1, 0.15) is 0 Å². The summed E-state index contributed by atoms with van der Waals surface area (Å²) in [5.74, 6) is -2.43. The highest BCUT2D eigenvalue weighted by Gasteiger charge is 2.61. The van der Waals surface area contributed by atoms with E-state index in [-0.39, 0.29) is 0 Å². The summed E-state index contributed by atoms with van der Waals surface area (Å²) in [6, 6.07) is 0. The minimum absolute atomic E-state index is 0.777.